The molecule has 0 spiro atoms. The van der Waals surface area contributed by atoms with E-state index in [9.17, 15) is 20.1 Å². The van der Waals surface area contributed by atoms with Gasteiger partial charge in [0.05, 0.1) is 31.1 Å². The Labute approximate surface area is 135 Å². The third-order valence-corrected chi connectivity index (χ3v) is 4.84. The maximum Gasteiger partial charge on any atom is 0.326 e. The van der Waals surface area contributed by atoms with Crippen LogP contribution in [0.5, 0.6) is 0 Å². The third kappa shape index (κ3) is 2.49. The highest BCUT2D eigenvalue weighted by atomic mass is 16.5. The minimum Gasteiger partial charge on any atom is -0.498 e. The average molecular weight is 316 g/mol. The molecular formula is C17H20N2O4. The molecule has 0 bridgehead atoms. The minimum absolute atomic E-state index is 0.149. The molecule has 2 rings (SSSR count). The number of hydrogen-bond donors (Lipinski definition) is 0. The van der Waals surface area contributed by atoms with Crippen LogP contribution in [-0.4, -0.2) is 25.0 Å². The minimum atomic E-state index is -1.48. The molecule has 0 N–H and O–H groups in total. The van der Waals surface area contributed by atoms with Crippen LogP contribution >= 0.6 is 0 Å². The fourth-order valence-electron chi connectivity index (χ4n) is 3.75. The van der Waals surface area contributed by atoms with Crippen molar-refractivity contribution in [2.45, 2.75) is 39.5 Å². The van der Waals surface area contributed by atoms with Crippen LogP contribution in [-0.2, 0) is 19.1 Å². The van der Waals surface area contributed by atoms with Crippen LogP contribution in [0.4, 0.5) is 0 Å². The summed E-state index contributed by atoms with van der Waals surface area (Å²) in [6, 6.07) is 4.19. The van der Waals surface area contributed by atoms with Gasteiger partial charge in [-0.15, -0.1) is 0 Å². The maximum absolute atomic E-state index is 12.6. The summed E-state index contributed by atoms with van der Waals surface area (Å²) in [5, 5.41) is 19.5. The van der Waals surface area contributed by atoms with Gasteiger partial charge >= 0.3 is 5.97 Å². The quantitative estimate of drug-likeness (QED) is 0.737. The van der Waals surface area contributed by atoms with Gasteiger partial charge in [-0.3, -0.25) is 9.59 Å². The first-order valence-electron chi connectivity index (χ1n) is 7.88. The van der Waals surface area contributed by atoms with Crippen LogP contribution in [0.25, 0.3) is 0 Å². The summed E-state index contributed by atoms with van der Waals surface area (Å²) in [6.07, 6.45) is 2.68. The number of esters is 1. The Kier molecular flexibility index (Phi) is 4.75. The molecule has 1 saturated carbocycles. The molecular weight excluding hydrogens is 296 g/mol. The highest BCUT2D eigenvalue weighted by Crippen LogP contribution is 2.56. The number of allylic oxidation sites excluding steroid dienone is 2. The molecule has 0 heterocycles. The summed E-state index contributed by atoms with van der Waals surface area (Å²) in [5.41, 5.74) is -2.82. The van der Waals surface area contributed by atoms with Crippen molar-refractivity contribution in [1.82, 2.24) is 0 Å². The number of carbonyl (C=O) groups excluding carboxylic acids is 2. The predicted octanol–water partition coefficient (Wildman–Crippen LogP) is 2.26. The molecule has 3 atom stereocenters. The number of ether oxygens (including phenoxy) is 2. The van der Waals surface area contributed by atoms with Gasteiger partial charge in [-0.25, -0.2) is 0 Å². The van der Waals surface area contributed by atoms with Crippen molar-refractivity contribution >= 4 is 11.8 Å². The Morgan fingerprint density at radius 1 is 1.30 bits per heavy atom. The molecule has 6 nitrogen and oxygen atoms in total. The largest absolute Gasteiger partial charge is 0.498 e. The summed E-state index contributed by atoms with van der Waals surface area (Å²) in [4.78, 5) is 25.1. The van der Waals surface area contributed by atoms with E-state index < -0.39 is 22.7 Å². The Bertz CT molecular complexity index is 627. The molecule has 0 amide bonds. The number of nitriles is 2. The second-order valence-electron chi connectivity index (χ2n) is 5.90. The number of hydrogen-bond acceptors (Lipinski definition) is 6. The molecule has 0 saturated heterocycles. The van der Waals surface area contributed by atoms with Gasteiger partial charge in [0.1, 0.15) is 5.41 Å². The Morgan fingerprint density at radius 3 is 2.61 bits per heavy atom. The zero-order chi connectivity index (χ0) is 17.1. The van der Waals surface area contributed by atoms with Crippen LogP contribution in [0, 0.1) is 39.4 Å². The van der Waals surface area contributed by atoms with E-state index in [1.807, 2.05) is 0 Å². The van der Waals surface area contributed by atoms with E-state index in [4.69, 9.17) is 9.47 Å². The fraction of sp³-hybridized carbons (Fsp3) is 0.647. The Morgan fingerprint density at radius 2 is 2.04 bits per heavy atom. The molecule has 0 radical (unpaired) electrons. The average Bonchev–Trinajstić information content (AvgIpc) is 2.55. The van der Waals surface area contributed by atoms with Gasteiger partial charge < -0.3 is 9.47 Å². The van der Waals surface area contributed by atoms with Crippen molar-refractivity contribution in [3.63, 3.8) is 0 Å². The molecule has 23 heavy (non-hydrogen) atoms. The normalized spacial score (nSPS) is 32.8. The lowest BCUT2D eigenvalue weighted by atomic mass is 9.51. The standard InChI is InChI=1S/C17H20N2O4/c1-3-22-12-8-13-16(10-18,14(20)9-12)6-5-7-17(13,11-19)15(21)23-4-2/h9,13H,3-8H2,1-2H3/t13-,16+,17+/m1/s1. The van der Waals surface area contributed by atoms with Gasteiger partial charge in [0.2, 0.25) is 0 Å². The van der Waals surface area contributed by atoms with Gasteiger partial charge in [0.15, 0.2) is 11.2 Å². The predicted molar refractivity (Wildman–Crippen MR) is 79.4 cm³/mol. The van der Waals surface area contributed by atoms with Crippen LogP contribution in [0.2, 0.25) is 0 Å². The summed E-state index contributed by atoms with van der Waals surface area (Å²) in [5.74, 6) is -1.32. The van der Waals surface area contributed by atoms with Crippen molar-refractivity contribution in [3.8, 4) is 12.1 Å². The van der Waals surface area contributed by atoms with E-state index in [-0.39, 0.29) is 18.8 Å². The molecule has 0 aromatic carbocycles. The number of rotatable bonds is 4. The SMILES string of the molecule is CCOC(=O)[C@]1(C#N)CCC[C@@]2(C#N)C(=O)C=C(OCC)C[C@H]21. The van der Waals surface area contributed by atoms with Gasteiger partial charge in [-0.2, -0.15) is 10.5 Å². The Balaban J connectivity index is 2.55. The van der Waals surface area contributed by atoms with E-state index >= 15 is 0 Å². The van der Waals surface area contributed by atoms with Crippen molar-refractivity contribution < 1.29 is 19.1 Å². The number of fused-ring (bicyclic) bond motifs is 1. The van der Waals surface area contributed by atoms with Crippen LogP contribution in [0.1, 0.15) is 39.5 Å². The number of carbonyl (C=O) groups is 2. The second kappa shape index (κ2) is 6.42. The van der Waals surface area contributed by atoms with Gasteiger partial charge in [0.25, 0.3) is 0 Å². The lowest BCUT2D eigenvalue weighted by molar-refractivity contribution is -0.162. The van der Waals surface area contributed by atoms with E-state index in [1.54, 1.807) is 13.8 Å². The highest BCUT2D eigenvalue weighted by Gasteiger charge is 2.63. The van der Waals surface area contributed by atoms with E-state index in [1.165, 1.54) is 6.08 Å². The topological polar surface area (TPSA) is 100 Å². The smallest absolute Gasteiger partial charge is 0.326 e. The summed E-state index contributed by atoms with van der Waals surface area (Å²) in [6.45, 7) is 3.99. The monoisotopic (exact) mass is 316 g/mol. The lowest BCUT2D eigenvalue weighted by Crippen LogP contribution is -2.54. The fourth-order valence-corrected chi connectivity index (χ4v) is 3.75. The molecule has 1 fully saturated rings. The molecule has 6 heteroatoms. The zero-order valence-electron chi connectivity index (χ0n) is 13.4. The van der Waals surface area contributed by atoms with E-state index in [2.05, 4.69) is 12.1 Å². The Hall–Kier alpha value is -2.34. The summed E-state index contributed by atoms with van der Waals surface area (Å²) >= 11 is 0. The van der Waals surface area contributed by atoms with E-state index in [0.717, 1.165) is 0 Å². The van der Waals surface area contributed by atoms with Gasteiger partial charge in [-0.1, -0.05) is 0 Å². The third-order valence-electron chi connectivity index (χ3n) is 4.84. The molecule has 2 aliphatic rings. The zero-order valence-corrected chi connectivity index (χ0v) is 13.4. The summed E-state index contributed by atoms with van der Waals surface area (Å²) in [7, 11) is 0. The van der Waals surface area contributed by atoms with Gasteiger partial charge in [0, 0.05) is 18.4 Å². The summed E-state index contributed by atoms with van der Waals surface area (Å²) < 4.78 is 10.5. The second-order valence-corrected chi connectivity index (χ2v) is 5.90. The number of nitrogens with zero attached hydrogens (tertiary/aromatic N) is 2. The van der Waals surface area contributed by atoms with Gasteiger partial charge in [-0.05, 0) is 33.1 Å². The molecule has 0 aromatic rings. The van der Waals surface area contributed by atoms with Crippen molar-refractivity contribution in [3.05, 3.63) is 11.8 Å². The van der Waals surface area contributed by atoms with Crippen LogP contribution in [0.3, 0.4) is 0 Å². The van der Waals surface area contributed by atoms with Crippen LogP contribution in [0.15, 0.2) is 11.8 Å². The highest BCUT2D eigenvalue weighted by molar-refractivity contribution is 5.99. The van der Waals surface area contributed by atoms with Crippen molar-refractivity contribution in [1.29, 1.82) is 10.5 Å². The van der Waals surface area contributed by atoms with Crippen molar-refractivity contribution in [2.75, 3.05) is 13.2 Å². The lowest BCUT2D eigenvalue weighted by Gasteiger charge is -2.47. The van der Waals surface area contributed by atoms with Crippen LogP contribution < -0.4 is 0 Å². The molecule has 0 unspecified atom stereocenters. The molecule has 2 aliphatic carbocycles. The first-order chi connectivity index (χ1) is 11.0. The first kappa shape index (κ1) is 17.0. The maximum atomic E-state index is 12.6. The van der Waals surface area contributed by atoms with E-state index in [0.29, 0.717) is 31.6 Å². The van der Waals surface area contributed by atoms with Crippen molar-refractivity contribution in [2.24, 2.45) is 16.7 Å². The number of ketones is 1. The first-order valence-corrected chi connectivity index (χ1v) is 7.88. The molecule has 0 aromatic heterocycles. The molecule has 0 aliphatic heterocycles. The molecule has 122 valence electrons.